The monoisotopic (exact) mass is 380 g/mol. The number of aliphatic imine (C=N–C) groups is 1. The van der Waals surface area contributed by atoms with Gasteiger partial charge in [0.15, 0.2) is 5.96 Å². The van der Waals surface area contributed by atoms with Crippen molar-refractivity contribution in [3.05, 3.63) is 28.2 Å². The number of rotatable bonds is 4. The van der Waals surface area contributed by atoms with Gasteiger partial charge in [-0.25, -0.2) is 0 Å². The van der Waals surface area contributed by atoms with Crippen molar-refractivity contribution in [3.63, 3.8) is 0 Å². The molecule has 0 bridgehead atoms. The average molecular weight is 381 g/mol. The number of nitrogens with two attached hydrogens (primary N) is 1. The van der Waals surface area contributed by atoms with Gasteiger partial charge in [0, 0.05) is 29.7 Å². The van der Waals surface area contributed by atoms with E-state index in [1.165, 1.54) is 25.7 Å². The number of amides is 1. The standard InChI is InChI=1S/C17H25BrN4O/c1-13-6-7-14(18)12-15(13)21-16(23)8-9-20-17(19)22-10-4-2-3-5-11-22/h6-7,12H,2-5,8-11H2,1H3,(H2,19,20)(H,21,23). The lowest BCUT2D eigenvalue weighted by molar-refractivity contribution is -0.116. The van der Waals surface area contributed by atoms with Crippen LogP contribution in [0.1, 0.15) is 37.7 Å². The topological polar surface area (TPSA) is 70.7 Å². The Morgan fingerprint density at radius 3 is 2.70 bits per heavy atom. The third-order valence-corrected chi connectivity index (χ3v) is 4.51. The highest BCUT2D eigenvalue weighted by Gasteiger charge is 2.11. The minimum atomic E-state index is -0.0429. The van der Waals surface area contributed by atoms with E-state index in [-0.39, 0.29) is 5.91 Å². The van der Waals surface area contributed by atoms with Crippen molar-refractivity contribution in [1.82, 2.24) is 4.90 Å². The smallest absolute Gasteiger partial charge is 0.226 e. The van der Waals surface area contributed by atoms with Crippen LogP contribution in [-0.2, 0) is 4.79 Å². The zero-order valence-electron chi connectivity index (χ0n) is 13.6. The minimum Gasteiger partial charge on any atom is -0.370 e. The second-order valence-electron chi connectivity index (χ2n) is 5.90. The Kier molecular flexibility index (Phi) is 6.89. The lowest BCUT2D eigenvalue weighted by Crippen LogP contribution is -2.38. The van der Waals surface area contributed by atoms with Gasteiger partial charge in [-0.1, -0.05) is 34.8 Å². The van der Waals surface area contributed by atoms with Crippen LogP contribution in [0.15, 0.2) is 27.7 Å². The van der Waals surface area contributed by atoms with Gasteiger partial charge in [0.1, 0.15) is 0 Å². The van der Waals surface area contributed by atoms with E-state index in [1.54, 1.807) is 0 Å². The number of halogens is 1. The highest BCUT2D eigenvalue weighted by Crippen LogP contribution is 2.20. The van der Waals surface area contributed by atoms with Gasteiger partial charge in [0.25, 0.3) is 0 Å². The highest BCUT2D eigenvalue weighted by atomic mass is 79.9. The molecule has 1 aliphatic heterocycles. The molecule has 1 saturated heterocycles. The highest BCUT2D eigenvalue weighted by molar-refractivity contribution is 9.10. The van der Waals surface area contributed by atoms with Crippen molar-refractivity contribution in [2.75, 3.05) is 25.0 Å². The van der Waals surface area contributed by atoms with Crippen LogP contribution in [0.3, 0.4) is 0 Å². The predicted octanol–water partition coefficient (Wildman–Crippen LogP) is 3.28. The molecule has 1 aliphatic rings. The number of carbonyl (C=O) groups excluding carboxylic acids is 1. The van der Waals surface area contributed by atoms with Crippen molar-refractivity contribution in [3.8, 4) is 0 Å². The summed E-state index contributed by atoms with van der Waals surface area (Å²) in [4.78, 5) is 18.5. The summed E-state index contributed by atoms with van der Waals surface area (Å²) >= 11 is 3.41. The average Bonchev–Trinajstić information content (AvgIpc) is 2.80. The molecule has 1 amide bonds. The van der Waals surface area contributed by atoms with Gasteiger partial charge in [-0.15, -0.1) is 0 Å². The number of anilines is 1. The van der Waals surface area contributed by atoms with Crippen LogP contribution in [-0.4, -0.2) is 36.4 Å². The first kappa shape index (κ1) is 17.8. The Morgan fingerprint density at radius 1 is 1.30 bits per heavy atom. The number of aryl methyl sites for hydroxylation is 1. The molecule has 23 heavy (non-hydrogen) atoms. The van der Waals surface area contributed by atoms with Crippen molar-refractivity contribution in [1.29, 1.82) is 0 Å². The number of hydrogen-bond donors (Lipinski definition) is 2. The minimum absolute atomic E-state index is 0.0429. The summed E-state index contributed by atoms with van der Waals surface area (Å²) < 4.78 is 0.946. The largest absolute Gasteiger partial charge is 0.370 e. The van der Waals surface area contributed by atoms with Crippen LogP contribution < -0.4 is 11.1 Å². The summed E-state index contributed by atoms with van der Waals surface area (Å²) in [6.45, 7) is 4.33. The summed E-state index contributed by atoms with van der Waals surface area (Å²) in [5.74, 6) is 0.525. The quantitative estimate of drug-likeness (QED) is 0.621. The zero-order chi connectivity index (χ0) is 16.7. The molecule has 0 aliphatic carbocycles. The van der Waals surface area contributed by atoms with E-state index in [2.05, 4.69) is 31.1 Å². The Labute approximate surface area is 146 Å². The lowest BCUT2D eigenvalue weighted by atomic mass is 10.2. The van der Waals surface area contributed by atoms with Crippen LogP contribution in [0.4, 0.5) is 5.69 Å². The molecule has 1 aromatic rings. The summed E-state index contributed by atoms with van der Waals surface area (Å²) in [6.07, 6.45) is 5.19. The number of hydrogen-bond acceptors (Lipinski definition) is 2. The van der Waals surface area contributed by atoms with E-state index >= 15 is 0 Å². The van der Waals surface area contributed by atoms with Crippen molar-refractivity contribution in [2.45, 2.75) is 39.0 Å². The first-order valence-corrected chi connectivity index (χ1v) is 8.96. The molecule has 1 heterocycles. The summed E-state index contributed by atoms with van der Waals surface area (Å²) in [5, 5.41) is 2.92. The summed E-state index contributed by atoms with van der Waals surface area (Å²) in [7, 11) is 0. The first-order valence-electron chi connectivity index (χ1n) is 8.17. The molecule has 3 N–H and O–H groups in total. The molecule has 1 aromatic carbocycles. The normalized spacial score (nSPS) is 16.1. The molecular weight excluding hydrogens is 356 g/mol. The van der Waals surface area contributed by atoms with Crippen LogP contribution in [0.2, 0.25) is 0 Å². The van der Waals surface area contributed by atoms with E-state index in [0.717, 1.165) is 28.8 Å². The first-order chi connectivity index (χ1) is 11.1. The fraction of sp³-hybridized carbons (Fsp3) is 0.529. The van der Waals surface area contributed by atoms with E-state index in [1.807, 2.05) is 25.1 Å². The fourth-order valence-electron chi connectivity index (χ4n) is 2.61. The lowest BCUT2D eigenvalue weighted by Gasteiger charge is -2.21. The molecule has 0 saturated carbocycles. The second-order valence-corrected chi connectivity index (χ2v) is 6.81. The maximum Gasteiger partial charge on any atom is 0.226 e. The molecule has 0 spiro atoms. The molecule has 0 radical (unpaired) electrons. The fourth-order valence-corrected chi connectivity index (χ4v) is 2.97. The van der Waals surface area contributed by atoms with Crippen LogP contribution in [0.5, 0.6) is 0 Å². The zero-order valence-corrected chi connectivity index (χ0v) is 15.2. The molecule has 1 fully saturated rings. The summed E-state index contributed by atoms with van der Waals surface area (Å²) in [5.41, 5.74) is 7.90. The Balaban J connectivity index is 1.81. The van der Waals surface area contributed by atoms with Crippen LogP contribution >= 0.6 is 15.9 Å². The van der Waals surface area contributed by atoms with Gasteiger partial charge in [-0.05, 0) is 37.5 Å². The van der Waals surface area contributed by atoms with Crippen LogP contribution in [0, 0.1) is 6.92 Å². The summed E-state index contributed by atoms with van der Waals surface area (Å²) in [6, 6.07) is 5.83. The molecule has 126 valence electrons. The maximum absolute atomic E-state index is 12.0. The Bertz CT molecular complexity index is 566. The van der Waals surface area contributed by atoms with E-state index < -0.39 is 0 Å². The number of nitrogens with zero attached hydrogens (tertiary/aromatic N) is 2. The Hall–Kier alpha value is -1.56. The maximum atomic E-state index is 12.0. The number of nitrogens with one attached hydrogen (secondary N) is 1. The molecule has 0 aromatic heterocycles. The number of likely N-dealkylation sites (tertiary alicyclic amines) is 1. The van der Waals surface area contributed by atoms with Gasteiger partial charge < -0.3 is 16.0 Å². The molecule has 6 heteroatoms. The third kappa shape index (κ3) is 5.86. The van der Waals surface area contributed by atoms with Gasteiger partial charge in [0.05, 0.1) is 6.54 Å². The van der Waals surface area contributed by atoms with Crippen molar-refractivity contribution < 1.29 is 4.79 Å². The number of guanidine groups is 1. The van der Waals surface area contributed by atoms with Crippen LogP contribution in [0.25, 0.3) is 0 Å². The van der Waals surface area contributed by atoms with Crippen molar-refractivity contribution >= 4 is 33.5 Å². The number of benzene rings is 1. The molecule has 0 unspecified atom stereocenters. The Morgan fingerprint density at radius 2 is 2.00 bits per heavy atom. The third-order valence-electron chi connectivity index (χ3n) is 4.02. The molecule has 2 rings (SSSR count). The SMILES string of the molecule is Cc1ccc(Br)cc1NC(=O)CCN=C(N)N1CCCCCC1. The van der Waals surface area contributed by atoms with Gasteiger partial charge >= 0.3 is 0 Å². The molecule has 0 atom stereocenters. The van der Waals surface area contributed by atoms with Gasteiger partial charge in [0.2, 0.25) is 5.91 Å². The van der Waals surface area contributed by atoms with Gasteiger partial charge in [-0.2, -0.15) is 0 Å². The predicted molar refractivity (Wildman–Crippen MR) is 98.7 cm³/mol. The van der Waals surface area contributed by atoms with Crippen molar-refractivity contribution in [2.24, 2.45) is 10.7 Å². The molecular formula is C17H25BrN4O. The van der Waals surface area contributed by atoms with E-state index in [9.17, 15) is 4.79 Å². The van der Waals surface area contributed by atoms with Gasteiger partial charge in [-0.3, -0.25) is 9.79 Å². The van der Waals surface area contributed by atoms with E-state index in [0.29, 0.717) is 18.9 Å². The van der Waals surface area contributed by atoms with E-state index in [4.69, 9.17) is 5.73 Å². The molecule has 5 nitrogen and oxygen atoms in total. The second kappa shape index (κ2) is 8.91. The number of carbonyl (C=O) groups is 1.